The summed E-state index contributed by atoms with van der Waals surface area (Å²) in [6.07, 6.45) is 2.68. The van der Waals surface area contributed by atoms with Crippen molar-refractivity contribution in [2.45, 2.75) is 58.4 Å². The van der Waals surface area contributed by atoms with Crippen molar-refractivity contribution in [3.05, 3.63) is 80.7 Å². The third-order valence-corrected chi connectivity index (χ3v) is 8.53. The highest BCUT2D eigenvalue weighted by Crippen LogP contribution is 2.37. The molecule has 0 atom stereocenters. The second kappa shape index (κ2) is 13.5. The summed E-state index contributed by atoms with van der Waals surface area (Å²) >= 11 is 7.29. The van der Waals surface area contributed by atoms with Crippen LogP contribution in [0.1, 0.15) is 65.5 Å². The fourth-order valence-corrected chi connectivity index (χ4v) is 6.26. The van der Waals surface area contributed by atoms with Crippen molar-refractivity contribution in [1.29, 1.82) is 0 Å². The number of nitrogens with zero attached hydrogens (tertiary/aromatic N) is 1. The summed E-state index contributed by atoms with van der Waals surface area (Å²) in [7, 11) is 0. The molecule has 1 aromatic heterocycles. The minimum atomic E-state index is -0.550. The maximum absolute atomic E-state index is 12.6. The number of benzene rings is 2. The van der Waals surface area contributed by atoms with Crippen LogP contribution < -0.4 is 21.7 Å². The molecule has 0 spiro atoms. The fourth-order valence-electron chi connectivity index (χ4n) is 4.84. The molecule has 2 aromatic carbocycles. The first-order valence-corrected chi connectivity index (χ1v) is 15.1. The van der Waals surface area contributed by atoms with E-state index in [-0.39, 0.29) is 11.3 Å². The van der Waals surface area contributed by atoms with Gasteiger partial charge in [0.2, 0.25) is 5.91 Å². The Labute approximate surface area is 250 Å². The number of hydrogen-bond donors (Lipinski definition) is 4. The molecule has 10 heteroatoms. The number of aryl methyl sites for hydroxylation is 1. The molecule has 4 amide bonds. The highest BCUT2D eigenvalue weighted by atomic mass is 35.5. The Bertz CT molecular complexity index is 1380. The van der Waals surface area contributed by atoms with Gasteiger partial charge in [0.25, 0.3) is 5.91 Å². The second-order valence-corrected chi connectivity index (χ2v) is 12.9. The van der Waals surface area contributed by atoms with Gasteiger partial charge in [0, 0.05) is 48.2 Å². The lowest BCUT2D eigenvalue weighted by Crippen LogP contribution is -2.34. The van der Waals surface area contributed by atoms with Crippen LogP contribution in [-0.2, 0) is 29.6 Å². The topological polar surface area (TPSA) is 117 Å². The number of urea groups is 1. The molecule has 2 heterocycles. The number of anilines is 2. The van der Waals surface area contributed by atoms with E-state index in [0.717, 1.165) is 36.4 Å². The standard InChI is InChI=1S/C31H38ClN5O3S/c1-31(2,3)21-8-5-20(6-9-21)7-14-26(38)34-16-4-17-37-18-15-24-25(19-37)41-29(27(24)28(33)39)36-30(40)35-23-12-10-22(32)11-13-23/h5-6,8-13H,4,7,14-19H2,1-3H3,(H2,33,39)(H,34,38)(H2,35,36,40). The van der Waals surface area contributed by atoms with Crippen LogP contribution in [0.5, 0.6) is 0 Å². The number of rotatable bonds is 10. The quantitative estimate of drug-likeness (QED) is 0.217. The Kier molecular flexibility index (Phi) is 10.1. The summed E-state index contributed by atoms with van der Waals surface area (Å²) in [6, 6.07) is 14.8. The van der Waals surface area contributed by atoms with E-state index in [9.17, 15) is 14.4 Å². The average molecular weight is 596 g/mol. The molecule has 1 aliphatic rings. The predicted octanol–water partition coefficient (Wildman–Crippen LogP) is 5.94. The molecule has 0 saturated heterocycles. The number of thiophene rings is 1. The van der Waals surface area contributed by atoms with Crippen LogP contribution in [0, 0.1) is 0 Å². The van der Waals surface area contributed by atoms with Gasteiger partial charge in [0.1, 0.15) is 5.00 Å². The minimum Gasteiger partial charge on any atom is -0.365 e. The monoisotopic (exact) mass is 595 g/mol. The van der Waals surface area contributed by atoms with E-state index in [4.69, 9.17) is 17.3 Å². The minimum absolute atomic E-state index is 0.0581. The van der Waals surface area contributed by atoms with Crippen molar-refractivity contribution in [1.82, 2.24) is 10.2 Å². The largest absolute Gasteiger partial charge is 0.365 e. The van der Waals surface area contributed by atoms with Crippen LogP contribution in [-0.4, -0.2) is 42.4 Å². The summed E-state index contributed by atoms with van der Waals surface area (Å²) < 4.78 is 0. The number of primary amides is 1. The fraction of sp³-hybridized carbons (Fsp3) is 0.387. The van der Waals surface area contributed by atoms with E-state index in [1.54, 1.807) is 24.3 Å². The average Bonchev–Trinajstić information content (AvgIpc) is 3.28. The Morgan fingerprint density at radius 1 is 1.02 bits per heavy atom. The molecule has 0 unspecified atom stereocenters. The summed E-state index contributed by atoms with van der Waals surface area (Å²) in [6.45, 7) is 9.45. The lowest BCUT2D eigenvalue weighted by Gasteiger charge is -2.27. The molecule has 0 radical (unpaired) electrons. The first-order chi connectivity index (χ1) is 19.5. The van der Waals surface area contributed by atoms with Gasteiger partial charge in [-0.05, 0) is 65.6 Å². The Balaban J connectivity index is 1.22. The van der Waals surface area contributed by atoms with Crippen molar-refractivity contribution in [2.75, 3.05) is 30.3 Å². The number of carbonyl (C=O) groups is 3. The van der Waals surface area contributed by atoms with E-state index < -0.39 is 11.9 Å². The number of halogens is 1. The van der Waals surface area contributed by atoms with Crippen LogP contribution in [0.25, 0.3) is 0 Å². The van der Waals surface area contributed by atoms with Gasteiger partial charge in [-0.1, -0.05) is 56.6 Å². The molecule has 0 aliphatic carbocycles. The Hall–Kier alpha value is -3.40. The molecule has 0 saturated carbocycles. The van der Waals surface area contributed by atoms with E-state index in [1.165, 1.54) is 22.5 Å². The first kappa shape index (κ1) is 30.6. The van der Waals surface area contributed by atoms with Gasteiger partial charge in [-0.2, -0.15) is 0 Å². The second-order valence-electron chi connectivity index (χ2n) is 11.3. The van der Waals surface area contributed by atoms with Crippen LogP contribution in [0.2, 0.25) is 5.02 Å². The third kappa shape index (κ3) is 8.55. The van der Waals surface area contributed by atoms with Crippen molar-refractivity contribution in [2.24, 2.45) is 5.73 Å². The van der Waals surface area contributed by atoms with Gasteiger partial charge >= 0.3 is 6.03 Å². The predicted molar refractivity (Wildman–Crippen MR) is 167 cm³/mol. The van der Waals surface area contributed by atoms with Gasteiger partial charge in [-0.15, -0.1) is 11.3 Å². The molecular formula is C31H38ClN5O3S. The van der Waals surface area contributed by atoms with Crippen LogP contribution >= 0.6 is 22.9 Å². The number of nitrogens with one attached hydrogen (secondary N) is 3. The molecule has 218 valence electrons. The van der Waals surface area contributed by atoms with Crippen molar-refractivity contribution < 1.29 is 14.4 Å². The van der Waals surface area contributed by atoms with Crippen LogP contribution in [0.4, 0.5) is 15.5 Å². The third-order valence-electron chi connectivity index (χ3n) is 7.15. The first-order valence-electron chi connectivity index (χ1n) is 13.9. The van der Waals surface area contributed by atoms with Crippen molar-refractivity contribution >= 4 is 51.5 Å². The van der Waals surface area contributed by atoms with Gasteiger partial charge in [-0.3, -0.25) is 19.8 Å². The van der Waals surface area contributed by atoms with Gasteiger partial charge < -0.3 is 16.4 Å². The Morgan fingerprint density at radius 2 is 1.73 bits per heavy atom. The van der Waals surface area contributed by atoms with E-state index in [2.05, 4.69) is 65.9 Å². The van der Waals surface area contributed by atoms with Crippen molar-refractivity contribution in [3.8, 4) is 0 Å². The molecule has 1 aliphatic heterocycles. The molecular weight excluding hydrogens is 558 g/mol. The van der Waals surface area contributed by atoms with Gasteiger partial charge in [0.15, 0.2) is 0 Å². The van der Waals surface area contributed by atoms with Crippen LogP contribution in [0.15, 0.2) is 48.5 Å². The lowest BCUT2D eigenvalue weighted by atomic mass is 9.86. The molecule has 8 nitrogen and oxygen atoms in total. The zero-order valence-electron chi connectivity index (χ0n) is 23.8. The summed E-state index contributed by atoms with van der Waals surface area (Å²) in [5.41, 5.74) is 10.2. The molecule has 4 rings (SSSR count). The molecule has 3 aromatic rings. The highest BCUT2D eigenvalue weighted by Gasteiger charge is 2.27. The number of carbonyl (C=O) groups excluding carboxylic acids is 3. The maximum Gasteiger partial charge on any atom is 0.324 e. The maximum atomic E-state index is 12.6. The van der Waals surface area contributed by atoms with Gasteiger partial charge in [0.05, 0.1) is 5.56 Å². The van der Waals surface area contributed by atoms with E-state index in [1.807, 2.05) is 0 Å². The highest BCUT2D eigenvalue weighted by molar-refractivity contribution is 7.17. The number of hydrogen-bond acceptors (Lipinski definition) is 5. The molecule has 5 N–H and O–H groups in total. The zero-order valence-corrected chi connectivity index (χ0v) is 25.4. The summed E-state index contributed by atoms with van der Waals surface area (Å²) in [5, 5.41) is 9.60. The summed E-state index contributed by atoms with van der Waals surface area (Å²) in [4.78, 5) is 40.5. The smallest absolute Gasteiger partial charge is 0.324 e. The van der Waals surface area contributed by atoms with Crippen LogP contribution in [0.3, 0.4) is 0 Å². The lowest BCUT2D eigenvalue weighted by molar-refractivity contribution is -0.121. The van der Waals surface area contributed by atoms with Gasteiger partial charge in [-0.25, -0.2) is 4.79 Å². The molecule has 0 fully saturated rings. The number of nitrogens with two attached hydrogens (primary N) is 1. The SMILES string of the molecule is CC(C)(C)c1ccc(CCC(=O)NCCCN2CCc3c(sc(NC(=O)Nc4ccc(Cl)cc4)c3C(N)=O)C2)cc1. The van der Waals surface area contributed by atoms with Crippen molar-refractivity contribution in [3.63, 3.8) is 0 Å². The van der Waals surface area contributed by atoms with E-state index >= 15 is 0 Å². The summed E-state index contributed by atoms with van der Waals surface area (Å²) in [5.74, 6) is -0.492. The number of amides is 4. The number of fused-ring (bicyclic) bond motifs is 1. The molecule has 0 bridgehead atoms. The normalized spacial score (nSPS) is 13.4. The zero-order chi connectivity index (χ0) is 29.6. The molecule has 41 heavy (non-hydrogen) atoms. The Morgan fingerprint density at radius 3 is 2.39 bits per heavy atom. The van der Waals surface area contributed by atoms with E-state index in [0.29, 0.717) is 47.2 Å².